The first-order valence-corrected chi connectivity index (χ1v) is 14.8. The molecule has 0 aromatic heterocycles. The summed E-state index contributed by atoms with van der Waals surface area (Å²) >= 11 is 0. The molecule has 1 fully saturated rings. The predicted molar refractivity (Wildman–Crippen MR) is 161 cm³/mol. The van der Waals surface area contributed by atoms with E-state index in [1.165, 1.54) is 4.90 Å². The van der Waals surface area contributed by atoms with Crippen molar-refractivity contribution in [1.82, 2.24) is 15.1 Å². The van der Waals surface area contributed by atoms with Gasteiger partial charge in [-0.3, -0.25) is 9.59 Å². The highest BCUT2D eigenvalue weighted by Crippen LogP contribution is 2.40. The zero-order valence-electron chi connectivity index (χ0n) is 25.6. The van der Waals surface area contributed by atoms with Crippen LogP contribution in [0.3, 0.4) is 0 Å². The fourth-order valence-corrected chi connectivity index (χ4v) is 5.69. The lowest BCUT2D eigenvalue weighted by Gasteiger charge is -2.41. The molecule has 0 radical (unpaired) electrons. The summed E-state index contributed by atoms with van der Waals surface area (Å²) in [5, 5.41) is 12.3. The second kappa shape index (κ2) is 13.4. The maximum absolute atomic E-state index is 14.0. The molecule has 0 bridgehead atoms. The van der Waals surface area contributed by atoms with Crippen LogP contribution in [0.2, 0.25) is 0 Å². The summed E-state index contributed by atoms with van der Waals surface area (Å²) in [6.07, 6.45) is 0.304. The molecule has 2 aliphatic heterocycles. The molecule has 11 nitrogen and oxygen atoms in total. The Kier molecular flexibility index (Phi) is 9.83. The van der Waals surface area contributed by atoms with Crippen LogP contribution >= 0.6 is 0 Å². The molecule has 0 aliphatic carbocycles. The van der Waals surface area contributed by atoms with Crippen molar-refractivity contribution in [2.24, 2.45) is 0 Å². The van der Waals surface area contributed by atoms with Gasteiger partial charge >= 0.3 is 12.2 Å². The minimum absolute atomic E-state index is 0.162. The number of carboxylic acid groups (broad SMARTS) is 1. The van der Waals surface area contributed by atoms with Gasteiger partial charge in [0, 0.05) is 37.8 Å². The van der Waals surface area contributed by atoms with Crippen molar-refractivity contribution in [3.05, 3.63) is 59.2 Å². The van der Waals surface area contributed by atoms with Gasteiger partial charge in [-0.15, -0.1) is 0 Å². The molecule has 2 aromatic carbocycles. The standard InChI is InChI=1S/C32H42N4O7/c1-21(2)36(24-13-9-15-34(19-24)31(40)41)28(37)25-18-26-27(17-22(25)3)43-32(4,5)29(38)35(26)16-10-14-33-30(39)42-20-23-11-7-6-8-12-23/h6-8,11-12,17-18,21,24H,9-10,13-16,19-20H2,1-5H3,(H,33,39)(H,40,41)/t24-/m1/s1. The van der Waals surface area contributed by atoms with E-state index in [4.69, 9.17) is 9.47 Å². The van der Waals surface area contributed by atoms with E-state index < -0.39 is 17.8 Å². The molecule has 43 heavy (non-hydrogen) atoms. The predicted octanol–water partition coefficient (Wildman–Crippen LogP) is 4.81. The number of ether oxygens (including phenoxy) is 2. The number of carbonyl (C=O) groups is 4. The molecular weight excluding hydrogens is 552 g/mol. The van der Waals surface area contributed by atoms with E-state index in [0.29, 0.717) is 54.9 Å². The van der Waals surface area contributed by atoms with Gasteiger partial charge in [0.05, 0.1) is 11.7 Å². The lowest BCUT2D eigenvalue weighted by atomic mass is 9.97. The van der Waals surface area contributed by atoms with Gasteiger partial charge < -0.3 is 34.6 Å². The maximum Gasteiger partial charge on any atom is 0.407 e. The lowest BCUT2D eigenvalue weighted by Crippen LogP contribution is -2.54. The zero-order valence-corrected chi connectivity index (χ0v) is 25.6. The fraction of sp³-hybridized carbons (Fsp3) is 0.500. The van der Waals surface area contributed by atoms with Crippen LogP contribution in [0.15, 0.2) is 42.5 Å². The Hall–Kier alpha value is -4.28. The SMILES string of the molecule is Cc1cc2c(cc1C(=O)N(C(C)C)[C@@H]1CCCN(C(=O)O)C1)N(CCCNC(=O)OCc1ccccc1)C(=O)C(C)(C)O2. The smallest absolute Gasteiger partial charge is 0.407 e. The molecule has 2 N–H and O–H groups in total. The number of benzene rings is 2. The van der Waals surface area contributed by atoms with Crippen LogP contribution < -0.4 is 15.0 Å². The fourth-order valence-electron chi connectivity index (χ4n) is 5.69. The van der Waals surface area contributed by atoms with Gasteiger partial charge in [-0.1, -0.05) is 30.3 Å². The number of anilines is 1. The van der Waals surface area contributed by atoms with E-state index in [2.05, 4.69) is 5.32 Å². The molecule has 2 heterocycles. The topological polar surface area (TPSA) is 129 Å². The summed E-state index contributed by atoms with van der Waals surface area (Å²) in [5.74, 6) is 0.0336. The Bertz CT molecular complexity index is 1340. The van der Waals surface area contributed by atoms with Crippen LogP contribution in [0.1, 0.15) is 68.4 Å². The number of amides is 4. The Morgan fingerprint density at radius 2 is 1.91 bits per heavy atom. The molecule has 1 atom stereocenters. The highest BCUT2D eigenvalue weighted by atomic mass is 16.5. The highest BCUT2D eigenvalue weighted by Gasteiger charge is 2.42. The molecule has 0 spiro atoms. The molecule has 2 aliphatic rings. The van der Waals surface area contributed by atoms with Crippen molar-refractivity contribution in [2.75, 3.05) is 31.1 Å². The molecule has 4 rings (SSSR count). The normalized spacial score (nSPS) is 17.6. The minimum atomic E-state index is -1.11. The molecule has 1 saturated heterocycles. The number of hydrogen-bond acceptors (Lipinski definition) is 6. The Labute approximate surface area is 252 Å². The van der Waals surface area contributed by atoms with Crippen LogP contribution in [-0.4, -0.2) is 82.8 Å². The van der Waals surface area contributed by atoms with Crippen LogP contribution in [0.5, 0.6) is 5.75 Å². The second-order valence-electron chi connectivity index (χ2n) is 11.9. The van der Waals surface area contributed by atoms with Crippen LogP contribution in [0.25, 0.3) is 0 Å². The van der Waals surface area contributed by atoms with Gasteiger partial charge in [0.25, 0.3) is 11.8 Å². The van der Waals surface area contributed by atoms with Gasteiger partial charge in [0.2, 0.25) is 0 Å². The van der Waals surface area contributed by atoms with Crippen molar-refractivity contribution in [2.45, 2.75) is 78.2 Å². The molecule has 0 unspecified atom stereocenters. The summed E-state index contributed by atoms with van der Waals surface area (Å²) in [4.78, 5) is 56.1. The second-order valence-corrected chi connectivity index (χ2v) is 11.9. The first kappa shape index (κ1) is 31.7. The largest absolute Gasteiger partial charge is 0.476 e. The average molecular weight is 595 g/mol. The van der Waals surface area contributed by atoms with E-state index in [9.17, 15) is 24.3 Å². The highest BCUT2D eigenvalue weighted by molar-refractivity contribution is 6.05. The molecule has 2 aromatic rings. The van der Waals surface area contributed by atoms with Gasteiger partial charge in [-0.05, 0) is 77.1 Å². The van der Waals surface area contributed by atoms with Crippen molar-refractivity contribution in [1.29, 1.82) is 0 Å². The van der Waals surface area contributed by atoms with Gasteiger partial charge in [0.15, 0.2) is 5.60 Å². The number of piperidine rings is 1. The molecular formula is C32H42N4O7. The summed E-state index contributed by atoms with van der Waals surface area (Å²) in [7, 11) is 0. The van der Waals surface area contributed by atoms with Crippen molar-refractivity contribution in [3.8, 4) is 5.75 Å². The first-order valence-electron chi connectivity index (χ1n) is 14.8. The Morgan fingerprint density at radius 1 is 1.19 bits per heavy atom. The van der Waals surface area contributed by atoms with Crippen molar-refractivity contribution < 1.29 is 33.8 Å². The number of aryl methyl sites for hydroxylation is 1. The molecule has 11 heteroatoms. The third kappa shape index (κ3) is 7.39. The molecule has 232 valence electrons. The average Bonchev–Trinajstić information content (AvgIpc) is 2.96. The van der Waals surface area contributed by atoms with E-state index >= 15 is 0 Å². The maximum atomic E-state index is 14.0. The van der Waals surface area contributed by atoms with E-state index in [1.54, 1.807) is 35.8 Å². The van der Waals surface area contributed by atoms with Crippen LogP contribution in [-0.2, 0) is 16.1 Å². The van der Waals surface area contributed by atoms with Crippen LogP contribution in [0.4, 0.5) is 15.3 Å². The van der Waals surface area contributed by atoms with Gasteiger partial charge in [-0.25, -0.2) is 9.59 Å². The third-order valence-corrected chi connectivity index (χ3v) is 7.84. The van der Waals surface area contributed by atoms with Crippen molar-refractivity contribution >= 4 is 29.7 Å². The summed E-state index contributed by atoms with van der Waals surface area (Å²) in [6.45, 7) is 10.5. The van der Waals surface area contributed by atoms with Gasteiger partial charge in [0.1, 0.15) is 12.4 Å². The number of alkyl carbamates (subject to hydrolysis) is 1. The van der Waals surface area contributed by atoms with Crippen LogP contribution in [0, 0.1) is 6.92 Å². The van der Waals surface area contributed by atoms with E-state index in [1.807, 2.05) is 51.1 Å². The van der Waals surface area contributed by atoms with Gasteiger partial charge in [-0.2, -0.15) is 0 Å². The Morgan fingerprint density at radius 3 is 2.58 bits per heavy atom. The number of nitrogens with zero attached hydrogens (tertiary/aromatic N) is 3. The third-order valence-electron chi connectivity index (χ3n) is 7.84. The number of hydrogen-bond donors (Lipinski definition) is 2. The number of nitrogens with one attached hydrogen (secondary N) is 1. The molecule has 0 saturated carbocycles. The summed E-state index contributed by atoms with van der Waals surface area (Å²) < 4.78 is 11.4. The summed E-state index contributed by atoms with van der Waals surface area (Å²) in [5.41, 5.74) is 1.40. The quantitative estimate of drug-likeness (QED) is 0.399. The van der Waals surface area contributed by atoms with Crippen molar-refractivity contribution in [3.63, 3.8) is 0 Å². The lowest BCUT2D eigenvalue weighted by molar-refractivity contribution is -0.132. The molecule has 4 amide bonds. The minimum Gasteiger partial charge on any atom is -0.476 e. The number of fused-ring (bicyclic) bond motifs is 1. The van der Waals surface area contributed by atoms with E-state index in [0.717, 1.165) is 5.56 Å². The number of rotatable bonds is 9. The zero-order chi connectivity index (χ0) is 31.3. The van der Waals surface area contributed by atoms with E-state index in [-0.39, 0.29) is 43.6 Å². The number of carbonyl (C=O) groups excluding carboxylic acids is 3. The Balaban J connectivity index is 1.49. The summed E-state index contributed by atoms with van der Waals surface area (Å²) in [6, 6.07) is 12.5. The monoisotopic (exact) mass is 594 g/mol. The number of likely N-dealkylation sites (tertiary alicyclic amines) is 1. The first-order chi connectivity index (χ1) is 20.4.